The van der Waals surface area contributed by atoms with Crippen molar-refractivity contribution in [1.29, 1.82) is 0 Å². The van der Waals surface area contributed by atoms with E-state index in [1.54, 1.807) is 30.3 Å². The lowest BCUT2D eigenvalue weighted by Crippen LogP contribution is -2.49. The number of aromatic nitrogens is 2. The molecule has 0 unspecified atom stereocenters. The van der Waals surface area contributed by atoms with Gasteiger partial charge in [0.05, 0.1) is 18.9 Å². The van der Waals surface area contributed by atoms with Gasteiger partial charge in [-0.3, -0.25) is 9.36 Å². The van der Waals surface area contributed by atoms with E-state index in [-0.39, 0.29) is 11.6 Å². The zero-order valence-electron chi connectivity index (χ0n) is 13.8. The molecule has 1 saturated heterocycles. The summed E-state index contributed by atoms with van der Waals surface area (Å²) in [6.07, 6.45) is -2.39. The van der Waals surface area contributed by atoms with Crippen LogP contribution in [0.1, 0.15) is 12.6 Å². The highest BCUT2D eigenvalue weighted by atomic mass is 32.1. The Kier molecular flexibility index (Phi) is 5.65. The largest absolute Gasteiger partial charge is 0.431 e. The number of hydrogen-bond acceptors (Lipinski definition) is 7. The highest BCUT2D eigenvalue weighted by Gasteiger charge is 2.35. The van der Waals surface area contributed by atoms with Crippen molar-refractivity contribution in [3.8, 4) is 5.75 Å². The molecule has 27 heavy (non-hydrogen) atoms. The minimum atomic E-state index is -1.26. The van der Waals surface area contributed by atoms with Crippen molar-refractivity contribution in [2.45, 2.75) is 24.9 Å². The smallest absolute Gasteiger partial charge is 0.352 e. The molecule has 11 heteroatoms. The fraction of sp³-hybridized carbons (Fsp3) is 0.312. The summed E-state index contributed by atoms with van der Waals surface area (Å²) in [6.45, 7) is -0.470. The van der Waals surface area contributed by atoms with Crippen LogP contribution < -0.4 is 21.4 Å². The number of hydrogen-bond donors (Lipinski definition) is 3. The number of nitrogens with zero attached hydrogens (tertiary/aromatic N) is 2. The third-order valence-electron chi connectivity index (χ3n) is 3.92. The first-order valence-electron chi connectivity index (χ1n) is 7.92. The van der Waals surface area contributed by atoms with Gasteiger partial charge in [0.25, 0.3) is 5.17 Å². The van der Waals surface area contributed by atoms with Crippen LogP contribution in [0.5, 0.6) is 5.75 Å². The fourth-order valence-electron chi connectivity index (χ4n) is 2.61. The molecule has 144 valence electrons. The number of benzene rings is 1. The van der Waals surface area contributed by atoms with Gasteiger partial charge in [-0.05, 0) is 24.4 Å². The Hall–Kier alpha value is -2.60. The maximum absolute atomic E-state index is 14.0. The highest BCUT2D eigenvalue weighted by Crippen LogP contribution is 2.27. The summed E-state index contributed by atoms with van der Waals surface area (Å²) in [5.41, 5.74) is 0.00802. The van der Waals surface area contributed by atoms with Gasteiger partial charge in [-0.15, -0.1) is 0 Å². The lowest BCUT2D eigenvalue weighted by Gasteiger charge is -2.17. The van der Waals surface area contributed by atoms with Crippen LogP contribution in [-0.2, 0) is 4.74 Å². The fourth-order valence-corrected chi connectivity index (χ4v) is 2.79. The average Bonchev–Trinajstić information content (AvgIpc) is 3.03. The predicted octanol–water partition coefficient (Wildman–Crippen LogP) is -0.303. The van der Waals surface area contributed by atoms with E-state index in [0.717, 1.165) is 4.57 Å². The molecular formula is C16H16FN3O6S. The van der Waals surface area contributed by atoms with Crippen LogP contribution in [0.3, 0.4) is 0 Å². The number of rotatable bonds is 4. The topological polar surface area (TPSA) is 115 Å². The molecule has 9 nitrogen and oxygen atoms in total. The second-order valence-electron chi connectivity index (χ2n) is 5.74. The summed E-state index contributed by atoms with van der Waals surface area (Å²) in [5, 5.41) is 18.6. The minimum absolute atomic E-state index is 0.0618. The van der Waals surface area contributed by atoms with Gasteiger partial charge in [0.2, 0.25) is 5.82 Å². The van der Waals surface area contributed by atoms with Gasteiger partial charge >= 0.3 is 11.2 Å². The summed E-state index contributed by atoms with van der Waals surface area (Å²) in [4.78, 5) is 24.6. The van der Waals surface area contributed by atoms with Crippen molar-refractivity contribution < 1.29 is 24.1 Å². The molecule has 3 rings (SSSR count). The van der Waals surface area contributed by atoms with E-state index < -0.39 is 42.1 Å². The summed E-state index contributed by atoms with van der Waals surface area (Å²) >= 11 is 4.95. The Balaban J connectivity index is 1.87. The van der Waals surface area contributed by atoms with Crippen molar-refractivity contribution in [2.24, 2.45) is 0 Å². The van der Waals surface area contributed by atoms with Crippen LogP contribution in [0, 0.1) is 5.82 Å². The molecule has 0 radical (unpaired) electrons. The molecule has 0 saturated carbocycles. The number of aliphatic hydroxyl groups is 2. The van der Waals surface area contributed by atoms with Crippen molar-refractivity contribution >= 4 is 17.4 Å². The molecule has 1 aliphatic rings. The van der Waals surface area contributed by atoms with Crippen molar-refractivity contribution in [3.63, 3.8) is 0 Å². The first-order chi connectivity index (χ1) is 12.9. The number of nitrogens with one attached hydrogen (secondary N) is 1. The monoisotopic (exact) mass is 397 g/mol. The number of aliphatic hydroxyl groups excluding tert-OH is 2. The van der Waals surface area contributed by atoms with E-state index in [0.29, 0.717) is 16.6 Å². The van der Waals surface area contributed by atoms with Crippen LogP contribution in [-0.4, -0.2) is 43.4 Å². The quantitative estimate of drug-likeness (QED) is 0.603. The van der Waals surface area contributed by atoms with Gasteiger partial charge in [-0.1, -0.05) is 18.2 Å². The summed E-state index contributed by atoms with van der Waals surface area (Å²) < 4.78 is 25.8. The molecule has 3 atom stereocenters. The molecule has 2 heterocycles. The van der Waals surface area contributed by atoms with E-state index in [1.165, 1.54) is 0 Å². The summed E-state index contributed by atoms with van der Waals surface area (Å²) in [7, 11) is 0. The molecular weight excluding hydrogens is 381 g/mol. The van der Waals surface area contributed by atoms with Gasteiger partial charge in [-0.2, -0.15) is 9.07 Å². The van der Waals surface area contributed by atoms with Crippen LogP contribution >= 0.6 is 12.2 Å². The van der Waals surface area contributed by atoms with E-state index in [1.807, 2.05) is 0 Å². The maximum atomic E-state index is 14.0. The molecule has 3 N–H and O–H groups in total. The van der Waals surface area contributed by atoms with Gasteiger partial charge < -0.3 is 19.7 Å². The molecule has 1 aromatic heterocycles. The van der Waals surface area contributed by atoms with Gasteiger partial charge in [0.15, 0.2) is 0 Å². The second-order valence-corrected chi connectivity index (χ2v) is 6.11. The van der Waals surface area contributed by atoms with Crippen molar-refractivity contribution in [1.82, 2.24) is 9.24 Å². The zero-order valence-corrected chi connectivity index (χ0v) is 14.6. The van der Waals surface area contributed by atoms with Crippen molar-refractivity contribution in [3.05, 3.63) is 63.2 Å². The standard InChI is InChI=1S/C16H16FN3O6S/c17-10-7-19(13-6-11(22)12(8-21)26-13)16(24)20(14(10)23)18-15(27)25-9-4-2-1-3-5-9/h1-5,7,11-13,21-22H,6,8H2,(H,18,27)/t11-,12+,13+/m0/s1. The first-order valence-corrected chi connectivity index (χ1v) is 8.33. The van der Waals surface area contributed by atoms with E-state index >= 15 is 0 Å². The minimum Gasteiger partial charge on any atom is -0.431 e. The Morgan fingerprint density at radius 1 is 1.37 bits per heavy atom. The Morgan fingerprint density at radius 2 is 2.07 bits per heavy atom. The lowest BCUT2D eigenvalue weighted by atomic mass is 10.2. The molecule has 1 aromatic carbocycles. The Labute approximate surface area is 157 Å². The molecule has 0 amide bonds. The number of halogens is 1. The highest BCUT2D eigenvalue weighted by molar-refractivity contribution is 7.80. The van der Waals surface area contributed by atoms with Crippen molar-refractivity contribution in [2.75, 3.05) is 12.0 Å². The summed E-state index contributed by atoms with van der Waals surface area (Å²) in [6, 6.07) is 8.35. The average molecular weight is 397 g/mol. The van der Waals surface area contributed by atoms with Crippen LogP contribution in [0.2, 0.25) is 0 Å². The first kappa shape index (κ1) is 19.2. The van der Waals surface area contributed by atoms with E-state index in [2.05, 4.69) is 5.43 Å². The van der Waals surface area contributed by atoms with Gasteiger partial charge in [0.1, 0.15) is 18.1 Å². The van der Waals surface area contributed by atoms with E-state index in [9.17, 15) is 19.1 Å². The molecule has 0 spiro atoms. The third-order valence-corrected chi connectivity index (χ3v) is 4.10. The van der Waals surface area contributed by atoms with Gasteiger partial charge in [-0.25, -0.2) is 10.2 Å². The van der Waals surface area contributed by atoms with Gasteiger partial charge in [0, 0.05) is 6.42 Å². The normalized spacial score (nSPS) is 21.8. The third kappa shape index (κ3) is 4.06. The summed E-state index contributed by atoms with van der Waals surface area (Å²) in [5.74, 6) is -0.886. The molecule has 1 fully saturated rings. The van der Waals surface area contributed by atoms with Crippen LogP contribution in [0.4, 0.5) is 4.39 Å². The Bertz CT molecular complexity index is 947. The van der Waals surface area contributed by atoms with E-state index in [4.69, 9.17) is 26.8 Å². The lowest BCUT2D eigenvalue weighted by molar-refractivity contribution is -0.0465. The maximum Gasteiger partial charge on any atom is 0.352 e. The number of para-hydroxylation sites is 1. The molecule has 0 aliphatic carbocycles. The van der Waals surface area contributed by atoms with Crippen LogP contribution in [0.25, 0.3) is 0 Å². The number of ether oxygens (including phenoxy) is 2. The molecule has 1 aliphatic heterocycles. The Morgan fingerprint density at radius 3 is 2.70 bits per heavy atom. The molecule has 0 bridgehead atoms. The zero-order chi connectivity index (χ0) is 19.6. The van der Waals surface area contributed by atoms with Crippen LogP contribution in [0.15, 0.2) is 46.1 Å². The molecule has 2 aromatic rings. The predicted molar refractivity (Wildman–Crippen MR) is 95.6 cm³/mol. The SMILES string of the molecule is O=c1c(F)cn([C@H]2C[C@H](O)[C@@H](CO)O2)c(=O)n1NC(=S)Oc1ccccc1. The second kappa shape index (κ2) is 7.96. The number of thiocarbonyl (C=S) groups is 1.